The molecule has 2 amide bonds. The molecule has 0 saturated heterocycles. The molecule has 0 aliphatic carbocycles. The highest BCUT2D eigenvalue weighted by Crippen LogP contribution is 2.19. The molecule has 1 aromatic carbocycles. The number of benzene rings is 1. The Bertz CT molecular complexity index is 603. The third kappa shape index (κ3) is 4.32. The molecule has 1 heterocycles. The summed E-state index contributed by atoms with van der Waals surface area (Å²) in [6, 6.07) is 10.7. The van der Waals surface area contributed by atoms with Crippen LogP contribution in [0.2, 0.25) is 0 Å². The lowest BCUT2D eigenvalue weighted by Gasteiger charge is -2.10. The van der Waals surface area contributed by atoms with E-state index in [0.29, 0.717) is 30.5 Å². The van der Waals surface area contributed by atoms with Gasteiger partial charge >= 0.3 is 6.03 Å². The van der Waals surface area contributed by atoms with Crippen LogP contribution >= 0.6 is 0 Å². The van der Waals surface area contributed by atoms with E-state index >= 15 is 0 Å². The van der Waals surface area contributed by atoms with Crippen molar-refractivity contribution in [2.24, 2.45) is 11.6 Å². The van der Waals surface area contributed by atoms with Gasteiger partial charge in [0.05, 0.1) is 0 Å². The fraction of sp³-hybridized carbons (Fsp3) is 0.154. The molecule has 7 N–H and O–H groups in total. The van der Waals surface area contributed by atoms with Crippen molar-refractivity contribution in [1.82, 2.24) is 15.3 Å². The first-order valence-corrected chi connectivity index (χ1v) is 6.37. The molecule has 0 radical (unpaired) electrons. The molecule has 1 aromatic heterocycles. The number of nitrogens with one attached hydrogen (secondary N) is 3. The first-order valence-electron chi connectivity index (χ1n) is 6.37. The van der Waals surface area contributed by atoms with Crippen LogP contribution in [0, 0.1) is 0 Å². The Hall–Kier alpha value is -2.87. The summed E-state index contributed by atoms with van der Waals surface area (Å²) in [7, 11) is 0. The first-order chi connectivity index (χ1) is 10.2. The van der Waals surface area contributed by atoms with Gasteiger partial charge in [0.1, 0.15) is 11.6 Å². The number of aromatic nitrogens is 2. The highest BCUT2D eigenvalue weighted by atomic mass is 16.2. The molecule has 0 spiro atoms. The third-order valence-corrected chi connectivity index (χ3v) is 2.64. The Kier molecular flexibility index (Phi) is 4.89. The van der Waals surface area contributed by atoms with Crippen molar-refractivity contribution in [2.75, 3.05) is 23.8 Å². The maximum atomic E-state index is 10.6. The number of nitrogens with zero attached hydrogens (tertiary/aromatic N) is 2. The number of rotatable bonds is 6. The van der Waals surface area contributed by atoms with E-state index in [9.17, 15) is 4.79 Å². The minimum Gasteiger partial charge on any atom is -0.368 e. The standard InChI is InChI=1S/C13H17N7O/c14-13(21)17-7-6-16-10-8-11(20-15)19-12(18-10)9-4-2-1-3-5-9/h1-5,8H,6-7,15H2,(H3,14,17,21)(H2,16,18,19,20). The molecule has 21 heavy (non-hydrogen) atoms. The normalized spacial score (nSPS) is 9.95. The zero-order chi connectivity index (χ0) is 15.1. The largest absolute Gasteiger partial charge is 0.368 e. The molecule has 0 atom stereocenters. The van der Waals surface area contributed by atoms with Gasteiger partial charge in [0.25, 0.3) is 0 Å². The molecule has 0 aliphatic rings. The van der Waals surface area contributed by atoms with Crippen molar-refractivity contribution in [1.29, 1.82) is 0 Å². The number of urea groups is 1. The van der Waals surface area contributed by atoms with E-state index < -0.39 is 6.03 Å². The predicted molar refractivity (Wildman–Crippen MR) is 81.4 cm³/mol. The van der Waals surface area contributed by atoms with Crippen LogP contribution in [0.5, 0.6) is 0 Å². The van der Waals surface area contributed by atoms with E-state index in [1.54, 1.807) is 6.07 Å². The van der Waals surface area contributed by atoms with Gasteiger partial charge in [0.15, 0.2) is 5.82 Å². The smallest absolute Gasteiger partial charge is 0.312 e. The molecule has 0 saturated carbocycles. The average Bonchev–Trinajstić information content (AvgIpc) is 2.52. The van der Waals surface area contributed by atoms with E-state index in [0.717, 1.165) is 5.56 Å². The Morgan fingerprint density at radius 2 is 1.81 bits per heavy atom. The topological polar surface area (TPSA) is 131 Å². The van der Waals surface area contributed by atoms with Crippen LogP contribution in [0.25, 0.3) is 11.4 Å². The van der Waals surface area contributed by atoms with Crippen LogP contribution in [-0.4, -0.2) is 29.1 Å². The number of hydrazine groups is 1. The summed E-state index contributed by atoms with van der Waals surface area (Å²) in [4.78, 5) is 19.3. The lowest BCUT2D eigenvalue weighted by atomic mass is 10.2. The van der Waals surface area contributed by atoms with E-state index in [-0.39, 0.29) is 0 Å². The first kappa shape index (κ1) is 14.5. The van der Waals surface area contributed by atoms with E-state index in [2.05, 4.69) is 26.0 Å². The van der Waals surface area contributed by atoms with Gasteiger partial charge in [-0.2, -0.15) is 0 Å². The molecule has 0 bridgehead atoms. The van der Waals surface area contributed by atoms with Crippen molar-refractivity contribution in [2.45, 2.75) is 0 Å². The molecule has 2 rings (SSSR count). The fourth-order valence-electron chi connectivity index (χ4n) is 1.70. The number of carbonyl (C=O) groups is 1. The van der Waals surface area contributed by atoms with Gasteiger partial charge < -0.3 is 21.8 Å². The van der Waals surface area contributed by atoms with Gasteiger partial charge in [-0.05, 0) is 0 Å². The van der Waals surface area contributed by atoms with E-state index in [1.807, 2.05) is 30.3 Å². The average molecular weight is 287 g/mol. The second-order valence-electron chi connectivity index (χ2n) is 4.19. The summed E-state index contributed by atoms with van der Waals surface area (Å²) in [5.74, 6) is 7.07. The van der Waals surface area contributed by atoms with Gasteiger partial charge in [-0.15, -0.1) is 0 Å². The molecule has 0 unspecified atom stereocenters. The maximum absolute atomic E-state index is 10.6. The lowest BCUT2D eigenvalue weighted by Crippen LogP contribution is -2.33. The number of amides is 2. The molecule has 0 aliphatic heterocycles. The van der Waals surface area contributed by atoms with E-state index in [4.69, 9.17) is 11.6 Å². The maximum Gasteiger partial charge on any atom is 0.312 e. The molecular formula is C13H17N7O. The van der Waals surface area contributed by atoms with Crippen molar-refractivity contribution >= 4 is 17.7 Å². The summed E-state index contributed by atoms with van der Waals surface area (Å²) >= 11 is 0. The zero-order valence-corrected chi connectivity index (χ0v) is 11.3. The van der Waals surface area contributed by atoms with Crippen molar-refractivity contribution < 1.29 is 4.79 Å². The number of nitrogens with two attached hydrogens (primary N) is 2. The Morgan fingerprint density at radius 3 is 2.48 bits per heavy atom. The minimum absolute atomic E-state index is 0.394. The van der Waals surface area contributed by atoms with Crippen LogP contribution in [0.3, 0.4) is 0 Å². The second-order valence-corrected chi connectivity index (χ2v) is 4.19. The number of nitrogen functional groups attached to an aromatic ring is 1. The Labute approximate surface area is 121 Å². The Balaban J connectivity index is 2.12. The number of anilines is 2. The summed E-state index contributed by atoms with van der Waals surface area (Å²) < 4.78 is 0. The summed E-state index contributed by atoms with van der Waals surface area (Å²) in [5.41, 5.74) is 8.38. The molecular weight excluding hydrogens is 270 g/mol. The number of hydrogen-bond acceptors (Lipinski definition) is 6. The van der Waals surface area contributed by atoms with Gasteiger partial charge in [-0.25, -0.2) is 20.6 Å². The third-order valence-electron chi connectivity index (χ3n) is 2.64. The fourth-order valence-corrected chi connectivity index (χ4v) is 1.70. The quantitative estimate of drug-likeness (QED) is 0.299. The Morgan fingerprint density at radius 1 is 1.10 bits per heavy atom. The van der Waals surface area contributed by atoms with Crippen molar-refractivity contribution in [3.63, 3.8) is 0 Å². The molecule has 8 heteroatoms. The van der Waals surface area contributed by atoms with Crippen LogP contribution in [0.4, 0.5) is 16.4 Å². The number of carbonyl (C=O) groups excluding carboxylic acids is 1. The SMILES string of the molecule is NNc1cc(NCCNC(N)=O)nc(-c2ccccc2)n1. The van der Waals surface area contributed by atoms with Gasteiger partial charge in [-0.3, -0.25) is 0 Å². The van der Waals surface area contributed by atoms with Crippen LogP contribution in [-0.2, 0) is 0 Å². The highest BCUT2D eigenvalue weighted by Gasteiger charge is 2.06. The summed E-state index contributed by atoms with van der Waals surface area (Å²) in [6.07, 6.45) is 0. The summed E-state index contributed by atoms with van der Waals surface area (Å²) in [6.45, 7) is 0.879. The van der Waals surface area contributed by atoms with Crippen LogP contribution in [0.15, 0.2) is 36.4 Å². The lowest BCUT2D eigenvalue weighted by molar-refractivity contribution is 0.249. The van der Waals surface area contributed by atoms with Crippen LogP contribution in [0.1, 0.15) is 0 Å². The molecule has 0 fully saturated rings. The number of primary amides is 1. The van der Waals surface area contributed by atoms with Crippen molar-refractivity contribution in [3.05, 3.63) is 36.4 Å². The van der Waals surface area contributed by atoms with Crippen LogP contribution < -0.4 is 27.6 Å². The predicted octanol–water partition coefficient (Wildman–Crippen LogP) is 0.509. The zero-order valence-electron chi connectivity index (χ0n) is 11.3. The van der Waals surface area contributed by atoms with E-state index in [1.165, 1.54) is 0 Å². The highest BCUT2D eigenvalue weighted by molar-refractivity contribution is 5.71. The minimum atomic E-state index is -0.561. The molecule has 2 aromatic rings. The monoisotopic (exact) mass is 287 g/mol. The van der Waals surface area contributed by atoms with Gasteiger partial charge in [0, 0.05) is 24.7 Å². The number of hydrogen-bond donors (Lipinski definition) is 5. The van der Waals surface area contributed by atoms with Gasteiger partial charge in [0.2, 0.25) is 0 Å². The molecule has 110 valence electrons. The van der Waals surface area contributed by atoms with Gasteiger partial charge in [-0.1, -0.05) is 30.3 Å². The molecule has 8 nitrogen and oxygen atoms in total. The van der Waals surface area contributed by atoms with Crippen molar-refractivity contribution in [3.8, 4) is 11.4 Å². The second kappa shape index (κ2) is 7.06. The summed E-state index contributed by atoms with van der Waals surface area (Å²) in [5, 5.41) is 5.55.